The van der Waals surface area contributed by atoms with Crippen molar-refractivity contribution in [1.29, 1.82) is 5.26 Å². The summed E-state index contributed by atoms with van der Waals surface area (Å²) in [5.74, 6) is 0. The van der Waals surface area contributed by atoms with E-state index < -0.39 is 27.1 Å². The molecule has 1 aliphatic carbocycles. The lowest BCUT2D eigenvalue weighted by Gasteiger charge is -2.18. The lowest BCUT2D eigenvalue weighted by Crippen LogP contribution is -2.42. The van der Waals surface area contributed by atoms with Gasteiger partial charge in [0.15, 0.2) is 0 Å². The number of aromatic nitrogens is 3. The highest BCUT2D eigenvalue weighted by Gasteiger charge is 2.39. The van der Waals surface area contributed by atoms with Crippen molar-refractivity contribution in [3.63, 3.8) is 0 Å². The Hall–Kier alpha value is -2.97. The molecule has 1 aliphatic rings. The molecule has 4 rings (SSSR count). The van der Waals surface area contributed by atoms with Gasteiger partial charge >= 0.3 is 6.18 Å². The van der Waals surface area contributed by atoms with Gasteiger partial charge < -0.3 is 4.57 Å². The lowest BCUT2D eigenvalue weighted by atomic mass is 10.1. The Morgan fingerprint density at radius 2 is 1.94 bits per heavy atom. The molecular weight excluding hydrogens is 443 g/mol. The largest absolute Gasteiger partial charge is 0.404 e. The molecule has 0 unspecified atom stereocenters. The Bertz CT molecular complexity index is 1290. The minimum absolute atomic E-state index is 0.129. The summed E-state index contributed by atoms with van der Waals surface area (Å²) in [6, 6.07) is 6.24. The molecule has 0 radical (unpaired) electrons. The third-order valence-corrected chi connectivity index (χ3v) is 7.20. The molecule has 7 nitrogen and oxygen atoms in total. The molecule has 32 heavy (non-hydrogen) atoms. The fraction of sp³-hybridized carbons (Fsp3) is 0.381. The predicted octanol–water partition coefficient (Wildman–Crippen LogP) is 4.31. The first-order valence-electron chi connectivity index (χ1n) is 10.1. The van der Waals surface area contributed by atoms with Gasteiger partial charge in [-0.25, -0.2) is 13.4 Å². The van der Waals surface area contributed by atoms with Gasteiger partial charge in [0, 0.05) is 23.8 Å². The molecule has 0 aromatic carbocycles. The minimum Gasteiger partial charge on any atom is -0.320 e. The quantitative estimate of drug-likeness (QED) is 0.608. The second-order valence-corrected chi connectivity index (χ2v) is 9.50. The molecule has 3 aromatic rings. The van der Waals surface area contributed by atoms with Crippen molar-refractivity contribution in [3.05, 3.63) is 42.2 Å². The van der Waals surface area contributed by atoms with E-state index in [2.05, 4.69) is 16.0 Å². The van der Waals surface area contributed by atoms with Crippen LogP contribution in [0.3, 0.4) is 0 Å². The van der Waals surface area contributed by atoms with Crippen LogP contribution in [0.25, 0.3) is 22.4 Å². The summed E-state index contributed by atoms with van der Waals surface area (Å²) in [5.41, 5.74) is 1.93. The zero-order valence-electron chi connectivity index (χ0n) is 17.1. The zero-order valence-corrected chi connectivity index (χ0v) is 17.9. The predicted molar refractivity (Wildman–Crippen MR) is 111 cm³/mol. The fourth-order valence-electron chi connectivity index (χ4n) is 4.07. The molecule has 0 saturated heterocycles. The maximum absolute atomic E-state index is 12.8. The Kier molecular flexibility index (Phi) is 5.68. The third-order valence-electron chi connectivity index (χ3n) is 5.68. The van der Waals surface area contributed by atoms with E-state index in [4.69, 9.17) is 0 Å². The molecule has 1 saturated carbocycles. The van der Waals surface area contributed by atoms with Crippen molar-refractivity contribution in [3.8, 4) is 17.5 Å². The number of nitrogens with zero attached hydrogens (tertiary/aromatic N) is 4. The van der Waals surface area contributed by atoms with Gasteiger partial charge in [0.1, 0.15) is 22.7 Å². The van der Waals surface area contributed by atoms with Gasteiger partial charge in [-0.05, 0) is 44.0 Å². The van der Waals surface area contributed by atoms with Gasteiger partial charge in [0.2, 0.25) is 10.0 Å². The summed E-state index contributed by atoms with van der Waals surface area (Å²) in [4.78, 5) is 8.29. The summed E-state index contributed by atoms with van der Waals surface area (Å²) in [7, 11) is -4.42. The SMILES string of the molecule is C[C@H](NS(=O)(=O)c1ccc(-c2c(C#N)c3cccnc3n2C2CCCC2)nc1)C(F)(F)F. The van der Waals surface area contributed by atoms with E-state index in [1.807, 2.05) is 4.57 Å². The molecule has 0 aliphatic heterocycles. The number of hydrogen-bond donors (Lipinski definition) is 1. The maximum Gasteiger partial charge on any atom is 0.404 e. The zero-order chi connectivity index (χ0) is 23.1. The smallest absolute Gasteiger partial charge is 0.320 e. The van der Waals surface area contributed by atoms with Crippen LogP contribution in [0.2, 0.25) is 0 Å². The van der Waals surface area contributed by atoms with Crippen LogP contribution in [0, 0.1) is 11.3 Å². The van der Waals surface area contributed by atoms with E-state index >= 15 is 0 Å². The molecule has 3 aromatic heterocycles. The average molecular weight is 463 g/mol. The Morgan fingerprint density at radius 3 is 2.53 bits per heavy atom. The van der Waals surface area contributed by atoms with Crippen LogP contribution in [-0.2, 0) is 10.0 Å². The van der Waals surface area contributed by atoms with Crippen LogP contribution in [-0.4, -0.2) is 35.2 Å². The second kappa shape index (κ2) is 8.18. The van der Waals surface area contributed by atoms with Crippen molar-refractivity contribution in [2.24, 2.45) is 0 Å². The summed E-state index contributed by atoms with van der Waals surface area (Å²) < 4.78 is 66.6. The van der Waals surface area contributed by atoms with Crippen LogP contribution >= 0.6 is 0 Å². The normalized spacial score (nSPS) is 16.3. The molecule has 0 spiro atoms. The summed E-state index contributed by atoms with van der Waals surface area (Å²) in [6.45, 7) is 0.728. The van der Waals surface area contributed by atoms with Crippen molar-refractivity contribution >= 4 is 21.1 Å². The van der Waals surface area contributed by atoms with Crippen molar-refractivity contribution < 1.29 is 21.6 Å². The molecule has 1 fully saturated rings. The van der Waals surface area contributed by atoms with Gasteiger partial charge in [-0.1, -0.05) is 12.8 Å². The topological polar surface area (TPSA) is 101 Å². The highest BCUT2D eigenvalue weighted by molar-refractivity contribution is 7.89. The molecule has 168 valence electrons. The van der Waals surface area contributed by atoms with Gasteiger partial charge in [-0.3, -0.25) is 4.98 Å². The first-order valence-corrected chi connectivity index (χ1v) is 11.6. The molecule has 0 amide bonds. The van der Waals surface area contributed by atoms with Crippen molar-refractivity contribution in [2.45, 2.75) is 55.8 Å². The molecule has 0 bridgehead atoms. The minimum atomic E-state index is -4.71. The van der Waals surface area contributed by atoms with Gasteiger partial charge in [-0.2, -0.15) is 23.2 Å². The number of fused-ring (bicyclic) bond motifs is 1. The number of alkyl halides is 3. The van der Waals surface area contributed by atoms with Crippen LogP contribution in [0.15, 0.2) is 41.6 Å². The van der Waals surface area contributed by atoms with Gasteiger partial charge in [-0.15, -0.1) is 0 Å². The lowest BCUT2D eigenvalue weighted by molar-refractivity contribution is -0.147. The first-order chi connectivity index (χ1) is 15.1. The Morgan fingerprint density at radius 1 is 1.22 bits per heavy atom. The summed E-state index contributed by atoms with van der Waals surface area (Å²) >= 11 is 0. The van der Waals surface area contributed by atoms with Crippen LogP contribution < -0.4 is 4.72 Å². The fourth-order valence-corrected chi connectivity index (χ4v) is 5.24. The first kappa shape index (κ1) is 22.2. The number of pyridine rings is 2. The summed E-state index contributed by atoms with van der Waals surface area (Å²) in [5, 5.41) is 10.5. The van der Waals surface area contributed by atoms with Gasteiger partial charge in [0.25, 0.3) is 0 Å². The standard InChI is InChI=1S/C21H20F3N5O2S/c1-13(21(22,23)24)28-32(30,31)15-8-9-18(27-12-15)19-17(11-25)16-7-4-10-26-20(16)29(19)14-5-2-3-6-14/h4,7-10,12-14,28H,2-3,5-6H2,1H3/t13-/m0/s1. The van der Waals surface area contributed by atoms with E-state index in [9.17, 15) is 26.9 Å². The van der Waals surface area contributed by atoms with Gasteiger partial charge in [0.05, 0.1) is 17.0 Å². The van der Waals surface area contributed by atoms with Crippen molar-refractivity contribution in [2.75, 3.05) is 0 Å². The van der Waals surface area contributed by atoms with E-state index in [-0.39, 0.29) is 6.04 Å². The Labute approximate surface area is 183 Å². The van der Waals surface area contributed by atoms with E-state index in [0.717, 1.165) is 38.8 Å². The van der Waals surface area contributed by atoms with Crippen molar-refractivity contribution in [1.82, 2.24) is 19.3 Å². The highest BCUT2D eigenvalue weighted by atomic mass is 32.2. The number of halogens is 3. The average Bonchev–Trinajstić information content (AvgIpc) is 3.38. The number of nitriles is 1. The number of hydrogen-bond acceptors (Lipinski definition) is 5. The molecule has 11 heteroatoms. The second-order valence-electron chi connectivity index (χ2n) is 7.78. The monoisotopic (exact) mass is 463 g/mol. The van der Waals surface area contributed by atoms with E-state index in [1.54, 1.807) is 23.1 Å². The van der Waals surface area contributed by atoms with E-state index in [1.165, 1.54) is 12.1 Å². The molecule has 1 N–H and O–H groups in total. The summed E-state index contributed by atoms with van der Waals surface area (Å²) in [6.07, 6.45) is 1.88. The Balaban J connectivity index is 1.79. The van der Waals surface area contributed by atoms with Crippen LogP contribution in [0.4, 0.5) is 13.2 Å². The third kappa shape index (κ3) is 3.96. The van der Waals surface area contributed by atoms with Crippen LogP contribution in [0.5, 0.6) is 0 Å². The number of nitrogens with one attached hydrogen (secondary N) is 1. The van der Waals surface area contributed by atoms with Crippen LogP contribution in [0.1, 0.15) is 44.2 Å². The number of sulfonamides is 1. The molecular formula is C21H20F3N5O2S. The molecule has 1 atom stereocenters. The van der Waals surface area contributed by atoms with E-state index in [0.29, 0.717) is 28.0 Å². The highest BCUT2D eigenvalue weighted by Crippen LogP contribution is 2.40. The maximum atomic E-state index is 12.8. The number of rotatable bonds is 5. The molecule has 3 heterocycles.